The molecule has 0 spiro atoms. The third-order valence-corrected chi connectivity index (χ3v) is 4.32. The van der Waals surface area contributed by atoms with Crippen molar-refractivity contribution in [3.05, 3.63) is 18.2 Å². The van der Waals surface area contributed by atoms with Crippen LogP contribution in [0.15, 0.2) is 18.2 Å². The molecule has 7 nitrogen and oxygen atoms in total. The van der Waals surface area contributed by atoms with Crippen molar-refractivity contribution in [2.75, 3.05) is 71.9 Å². The molecule has 0 unspecified atom stereocenters. The van der Waals surface area contributed by atoms with Crippen LogP contribution in [0.4, 0.5) is 10.5 Å². The number of ether oxygens (including phenoxy) is 2. The van der Waals surface area contributed by atoms with Crippen LogP contribution in [-0.4, -0.2) is 87.3 Å². The molecule has 132 valence electrons. The molecule has 0 aliphatic carbocycles. The zero-order valence-corrected chi connectivity index (χ0v) is 14.5. The van der Waals surface area contributed by atoms with Crippen LogP contribution in [0.3, 0.4) is 0 Å². The van der Waals surface area contributed by atoms with Gasteiger partial charge in [-0.25, -0.2) is 4.79 Å². The topological polar surface area (TPSA) is 57.3 Å². The first-order chi connectivity index (χ1) is 11.6. The average molecular weight is 334 g/mol. The number of hydrogen-bond acceptors (Lipinski definition) is 5. The van der Waals surface area contributed by atoms with Crippen LogP contribution in [0.5, 0.6) is 11.5 Å². The lowest BCUT2D eigenvalue weighted by Crippen LogP contribution is -2.51. The quantitative estimate of drug-likeness (QED) is 0.896. The van der Waals surface area contributed by atoms with Gasteiger partial charge in [0.25, 0.3) is 0 Å². The second kappa shape index (κ2) is 7.72. The van der Waals surface area contributed by atoms with Gasteiger partial charge in [0, 0.05) is 51.0 Å². The molecule has 0 radical (unpaired) electrons. The van der Waals surface area contributed by atoms with E-state index in [0.29, 0.717) is 19.0 Å². The summed E-state index contributed by atoms with van der Waals surface area (Å²) in [6.45, 7) is 6.54. The van der Waals surface area contributed by atoms with Crippen molar-refractivity contribution in [3.63, 3.8) is 0 Å². The van der Waals surface area contributed by atoms with Crippen molar-refractivity contribution < 1.29 is 14.3 Å². The number of nitrogens with one attached hydrogen (secondary N) is 1. The largest absolute Gasteiger partial charge is 0.486 e. The molecule has 1 aromatic carbocycles. The summed E-state index contributed by atoms with van der Waals surface area (Å²) in [6.07, 6.45) is 0. The molecule has 2 amide bonds. The van der Waals surface area contributed by atoms with Crippen LogP contribution >= 0.6 is 0 Å². The maximum absolute atomic E-state index is 12.4. The molecule has 1 saturated heterocycles. The first-order valence-corrected chi connectivity index (χ1v) is 8.44. The molecular formula is C17H26N4O3. The number of carbonyl (C=O) groups is 1. The Morgan fingerprint density at radius 3 is 2.54 bits per heavy atom. The predicted octanol–water partition coefficient (Wildman–Crippen LogP) is 1.17. The van der Waals surface area contributed by atoms with Crippen molar-refractivity contribution in [1.82, 2.24) is 14.7 Å². The Bertz CT molecular complexity index is 571. The smallest absolute Gasteiger partial charge is 0.321 e. The van der Waals surface area contributed by atoms with E-state index < -0.39 is 0 Å². The van der Waals surface area contributed by atoms with E-state index in [4.69, 9.17) is 9.47 Å². The van der Waals surface area contributed by atoms with E-state index in [-0.39, 0.29) is 6.03 Å². The fourth-order valence-corrected chi connectivity index (χ4v) is 2.84. The minimum absolute atomic E-state index is 0.0565. The standard InChI is InChI=1S/C17H26N4O3/c1-19(2)5-6-20-7-9-21(10-8-20)17(22)18-14-3-4-15-16(13-14)24-12-11-23-15/h3-4,13H,5-12H2,1-2H3,(H,18,22). The molecule has 0 bridgehead atoms. The van der Waals surface area contributed by atoms with E-state index in [1.165, 1.54) is 0 Å². The van der Waals surface area contributed by atoms with Crippen molar-refractivity contribution in [2.24, 2.45) is 0 Å². The summed E-state index contributed by atoms with van der Waals surface area (Å²) < 4.78 is 11.0. The van der Waals surface area contributed by atoms with E-state index in [1.807, 2.05) is 23.1 Å². The number of anilines is 1. The van der Waals surface area contributed by atoms with Gasteiger partial charge in [-0.15, -0.1) is 0 Å². The van der Waals surface area contributed by atoms with Gasteiger partial charge in [0.15, 0.2) is 11.5 Å². The zero-order chi connectivity index (χ0) is 16.9. The lowest BCUT2D eigenvalue weighted by molar-refractivity contribution is 0.140. The number of piperazine rings is 1. The Kier molecular flexibility index (Phi) is 5.42. The summed E-state index contributed by atoms with van der Waals surface area (Å²) in [5.41, 5.74) is 0.735. The third kappa shape index (κ3) is 4.30. The van der Waals surface area contributed by atoms with Crippen molar-refractivity contribution >= 4 is 11.7 Å². The zero-order valence-electron chi connectivity index (χ0n) is 14.5. The summed E-state index contributed by atoms with van der Waals surface area (Å²) in [4.78, 5) is 18.9. The second-order valence-corrected chi connectivity index (χ2v) is 6.42. The first kappa shape index (κ1) is 16.9. The minimum atomic E-state index is -0.0565. The predicted molar refractivity (Wildman–Crippen MR) is 93.0 cm³/mol. The summed E-state index contributed by atoms with van der Waals surface area (Å²) in [7, 11) is 4.16. The van der Waals surface area contributed by atoms with Gasteiger partial charge < -0.3 is 24.6 Å². The molecule has 1 fully saturated rings. The fourth-order valence-electron chi connectivity index (χ4n) is 2.84. The minimum Gasteiger partial charge on any atom is -0.486 e. The third-order valence-electron chi connectivity index (χ3n) is 4.32. The lowest BCUT2D eigenvalue weighted by atomic mass is 10.2. The van der Waals surface area contributed by atoms with E-state index in [9.17, 15) is 4.79 Å². The number of carbonyl (C=O) groups excluding carboxylic acids is 1. The lowest BCUT2D eigenvalue weighted by Gasteiger charge is -2.35. The van der Waals surface area contributed by atoms with Crippen LogP contribution < -0.4 is 14.8 Å². The van der Waals surface area contributed by atoms with Crippen LogP contribution in [0.2, 0.25) is 0 Å². The van der Waals surface area contributed by atoms with Gasteiger partial charge in [-0.05, 0) is 26.2 Å². The van der Waals surface area contributed by atoms with E-state index in [2.05, 4.69) is 29.2 Å². The molecule has 0 saturated carbocycles. The highest BCUT2D eigenvalue weighted by atomic mass is 16.6. The number of nitrogens with zero attached hydrogens (tertiary/aromatic N) is 3. The SMILES string of the molecule is CN(C)CCN1CCN(C(=O)Nc2ccc3c(c2)OCCO3)CC1. The highest BCUT2D eigenvalue weighted by Crippen LogP contribution is 2.32. The van der Waals surface area contributed by atoms with E-state index >= 15 is 0 Å². The number of rotatable bonds is 4. The Balaban J connectivity index is 1.49. The molecule has 2 aliphatic heterocycles. The van der Waals surface area contributed by atoms with Crippen LogP contribution in [0, 0.1) is 0 Å². The Labute approximate surface area is 143 Å². The van der Waals surface area contributed by atoms with Gasteiger partial charge in [0.1, 0.15) is 13.2 Å². The normalized spacial score (nSPS) is 17.9. The van der Waals surface area contributed by atoms with Crippen molar-refractivity contribution in [1.29, 1.82) is 0 Å². The van der Waals surface area contributed by atoms with Crippen molar-refractivity contribution in [3.8, 4) is 11.5 Å². The van der Waals surface area contributed by atoms with Crippen LogP contribution in [0.1, 0.15) is 0 Å². The highest BCUT2D eigenvalue weighted by Gasteiger charge is 2.21. The average Bonchev–Trinajstić information content (AvgIpc) is 2.60. The number of amides is 2. The summed E-state index contributed by atoms with van der Waals surface area (Å²) in [5, 5.41) is 2.95. The maximum Gasteiger partial charge on any atom is 0.321 e. The molecular weight excluding hydrogens is 308 g/mol. The number of likely N-dealkylation sites (N-methyl/N-ethyl adjacent to an activating group) is 1. The van der Waals surface area contributed by atoms with Crippen LogP contribution in [0.25, 0.3) is 0 Å². The molecule has 1 N–H and O–H groups in total. The maximum atomic E-state index is 12.4. The van der Waals surface area contributed by atoms with Crippen molar-refractivity contribution in [2.45, 2.75) is 0 Å². The van der Waals surface area contributed by atoms with Gasteiger partial charge in [-0.2, -0.15) is 0 Å². The van der Waals surface area contributed by atoms with Gasteiger partial charge in [-0.1, -0.05) is 0 Å². The number of fused-ring (bicyclic) bond motifs is 1. The molecule has 0 aromatic heterocycles. The Morgan fingerprint density at radius 1 is 1.12 bits per heavy atom. The first-order valence-electron chi connectivity index (χ1n) is 8.44. The molecule has 7 heteroatoms. The monoisotopic (exact) mass is 334 g/mol. The summed E-state index contributed by atoms with van der Waals surface area (Å²) >= 11 is 0. The Morgan fingerprint density at radius 2 is 1.83 bits per heavy atom. The van der Waals surface area contributed by atoms with Gasteiger partial charge in [0.2, 0.25) is 0 Å². The molecule has 0 atom stereocenters. The van der Waals surface area contributed by atoms with Gasteiger partial charge in [0.05, 0.1) is 0 Å². The summed E-state index contributed by atoms with van der Waals surface area (Å²) in [6, 6.07) is 5.45. The highest BCUT2D eigenvalue weighted by molar-refractivity contribution is 5.89. The molecule has 2 aliphatic rings. The van der Waals surface area contributed by atoms with Gasteiger partial charge in [-0.3, -0.25) is 4.90 Å². The fraction of sp³-hybridized carbons (Fsp3) is 0.588. The van der Waals surface area contributed by atoms with Crippen LogP contribution in [-0.2, 0) is 0 Å². The number of urea groups is 1. The molecule has 2 heterocycles. The molecule has 24 heavy (non-hydrogen) atoms. The summed E-state index contributed by atoms with van der Waals surface area (Å²) in [5.74, 6) is 1.42. The Hall–Kier alpha value is -1.99. The number of hydrogen-bond donors (Lipinski definition) is 1. The number of benzene rings is 1. The molecule has 1 aromatic rings. The molecule has 3 rings (SSSR count). The van der Waals surface area contributed by atoms with E-state index in [1.54, 1.807) is 0 Å². The van der Waals surface area contributed by atoms with Gasteiger partial charge >= 0.3 is 6.03 Å². The second-order valence-electron chi connectivity index (χ2n) is 6.42. The van der Waals surface area contributed by atoms with E-state index in [0.717, 1.165) is 50.7 Å².